The van der Waals surface area contributed by atoms with E-state index >= 15 is 0 Å². The molecule has 106 valence electrons. The van der Waals surface area contributed by atoms with Crippen LogP contribution in [0.3, 0.4) is 0 Å². The summed E-state index contributed by atoms with van der Waals surface area (Å²) in [6, 6.07) is 3.83. The van der Waals surface area contributed by atoms with Gasteiger partial charge in [-0.15, -0.1) is 0 Å². The first-order valence-electron chi connectivity index (χ1n) is 5.62. The molecule has 0 spiro atoms. The zero-order valence-electron chi connectivity index (χ0n) is 10.6. The number of hydrogen-bond donors (Lipinski definition) is 2. The third-order valence-corrected chi connectivity index (χ3v) is 4.50. The first-order chi connectivity index (χ1) is 8.81. The lowest BCUT2D eigenvalue weighted by atomic mass is 10.2. The molecule has 0 aliphatic carbocycles. The third kappa shape index (κ3) is 3.82. The summed E-state index contributed by atoms with van der Waals surface area (Å²) in [5.41, 5.74) is 0.00936. The highest BCUT2D eigenvalue weighted by molar-refractivity contribution is 7.90. The van der Waals surface area contributed by atoms with Gasteiger partial charge in [0.1, 0.15) is 0 Å². The van der Waals surface area contributed by atoms with Gasteiger partial charge in [-0.05, 0) is 18.2 Å². The van der Waals surface area contributed by atoms with E-state index in [1.165, 1.54) is 22.5 Å². The minimum Gasteiger partial charge on any atom is -0.478 e. The minimum atomic E-state index is -3.73. The normalized spacial score (nSPS) is 11.6. The summed E-state index contributed by atoms with van der Waals surface area (Å²) in [5, 5.41) is 9.01. The molecular weight excluding hydrogens is 292 g/mol. The van der Waals surface area contributed by atoms with E-state index in [0.717, 1.165) is 0 Å². The summed E-state index contributed by atoms with van der Waals surface area (Å²) >= 11 is 5.86. The predicted molar refractivity (Wildman–Crippen MR) is 73.9 cm³/mol. The molecule has 0 unspecified atom stereocenters. The van der Waals surface area contributed by atoms with Crippen LogP contribution in [0.5, 0.6) is 0 Å². The summed E-state index contributed by atoms with van der Waals surface area (Å²) in [6.45, 7) is 4.03. The van der Waals surface area contributed by atoms with Gasteiger partial charge in [0.25, 0.3) is 0 Å². The fourth-order valence-electron chi connectivity index (χ4n) is 1.50. The van der Waals surface area contributed by atoms with Crippen LogP contribution in [0.25, 0.3) is 0 Å². The Balaban J connectivity index is 3.11. The van der Waals surface area contributed by atoms with Gasteiger partial charge in [0.15, 0.2) is 0 Å². The zero-order chi connectivity index (χ0) is 14.6. The number of carboxylic acid groups (broad SMARTS) is 1. The number of carbonyl (C=O) groups is 1. The second-order valence-corrected chi connectivity index (χ2v) is 5.77. The fourth-order valence-corrected chi connectivity index (χ4v) is 2.98. The molecule has 0 heterocycles. The van der Waals surface area contributed by atoms with E-state index < -0.39 is 16.2 Å². The molecular formula is C11H15ClN2O4S. The highest BCUT2D eigenvalue weighted by Gasteiger charge is 2.20. The van der Waals surface area contributed by atoms with Gasteiger partial charge in [0, 0.05) is 13.1 Å². The highest BCUT2D eigenvalue weighted by Crippen LogP contribution is 2.24. The van der Waals surface area contributed by atoms with E-state index in [1.807, 2.05) is 0 Å². The Morgan fingerprint density at radius 3 is 2.42 bits per heavy atom. The van der Waals surface area contributed by atoms with Crippen molar-refractivity contribution < 1.29 is 18.3 Å². The fraction of sp³-hybridized carbons (Fsp3) is 0.364. The second-order valence-electron chi connectivity index (χ2n) is 3.69. The maximum atomic E-state index is 12.0. The number of anilines is 1. The van der Waals surface area contributed by atoms with Crippen LogP contribution >= 0.6 is 11.6 Å². The summed E-state index contributed by atoms with van der Waals surface area (Å²) in [4.78, 5) is 10.8. The van der Waals surface area contributed by atoms with Crippen molar-refractivity contribution in [3.05, 3.63) is 28.8 Å². The summed E-state index contributed by atoms with van der Waals surface area (Å²) in [7, 11) is -3.73. The van der Waals surface area contributed by atoms with Gasteiger partial charge < -0.3 is 5.11 Å². The van der Waals surface area contributed by atoms with Crippen LogP contribution < -0.4 is 4.72 Å². The van der Waals surface area contributed by atoms with Gasteiger partial charge in [-0.2, -0.15) is 12.7 Å². The van der Waals surface area contributed by atoms with Crippen LogP contribution in [0.1, 0.15) is 24.2 Å². The van der Waals surface area contributed by atoms with Gasteiger partial charge in [0.05, 0.1) is 16.3 Å². The number of rotatable bonds is 6. The first kappa shape index (κ1) is 15.7. The molecule has 1 rings (SSSR count). The zero-order valence-corrected chi connectivity index (χ0v) is 12.1. The van der Waals surface area contributed by atoms with Crippen molar-refractivity contribution in [1.29, 1.82) is 0 Å². The van der Waals surface area contributed by atoms with E-state index in [-0.39, 0.29) is 16.3 Å². The Morgan fingerprint density at radius 2 is 1.95 bits per heavy atom. The lowest BCUT2D eigenvalue weighted by Crippen LogP contribution is -2.35. The van der Waals surface area contributed by atoms with Gasteiger partial charge in [-0.3, -0.25) is 4.72 Å². The van der Waals surface area contributed by atoms with Crippen molar-refractivity contribution in [2.75, 3.05) is 17.8 Å². The van der Waals surface area contributed by atoms with Crippen LogP contribution in [-0.4, -0.2) is 36.9 Å². The van der Waals surface area contributed by atoms with Gasteiger partial charge in [-0.25, -0.2) is 4.79 Å². The van der Waals surface area contributed by atoms with Crippen molar-refractivity contribution in [2.45, 2.75) is 13.8 Å². The molecule has 0 amide bonds. The van der Waals surface area contributed by atoms with E-state index in [9.17, 15) is 13.2 Å². The standard InChI is InChI=1S/C11H15ClN2O4S/c1-3-14(4-2)19(17,18)13-10-7-8(11(15)16)5-6-9(10)12/h5-7,13H,3-4H2,1-2H3,(H,15,16). The number of halogens is 1. The van der Waals surface area contributed by atoms with Crippen LogP contribution in [-0.2, 0) is 10.2 Å². The SMILES string of the molecule is CCN(CC)S(=O)(=O)Nc1cc(C(=O)O)ccc1Cl. The molecule has 0 aliphatic rings. The summed E-state index contributed by atoms with van der Waals surface area (Å²) in [6.07, 6.45) is 0. The molecule has 19 heavy (non-hydrogen) atoms. The number of carboxylic acids is 1. The van der Waals surface area contributed by atoms with E-state index in [1.54, 1.807) is 13.8 Å². The molecule has 0 atom stereocenters. The highest BCUT2D eigenvalue weighted by atomic mass is 35.5. The lowest BCUT2D eigenvalue weighted by molar-refractivity contribution is 0.0697. The molecule has 0 aliphatic heterocycles. The predicted octanol–water partition coefficient (Wildman–Crippen LogP) is 2.04. The number of nitrogens with zero attached hydrogens (tertiary/aromatic N) is 1. The molecule has 0 aromatic heterocycles. The van der Waals surface area contributed by atoms with Crippen molar-refractivity contribution in [2.24, 2.45) is 0 Å². The summed E-state index contributed by atoms with van der Waals surface area (Å²) in [5.74, 6) is -1.15. The Morgan fingerprint density at radius 1 is 1.37 bits per heavy atom. The Hall–Kier alpha value is -1.31. The van der Waals surface area contributed by atoms with Crippen LogP contribution in [0.4, 0.5) is 5.69 Å². The maximum Gasteiger partial charge on any atom is 0.335 e. The number of benzene rings is 1. The third-order valence-electron chi connectivity index (χ3n) is 2.50. The number of aromatic carboxylic acids is 1. The molecule has 1 aromatic rings. The molecule has 0 bridgehead atoms. The summed E-state index contributed by atoms with van der Waals surface area (Å²) < 4.78 is 27.5. The lowest BCUT2D eigenvalue weighted by Gasteiger charge is -2.20. The monoisotopic (exact) mass is 306 g/mol. The van der Waals surface area contributed by atoms with Crippen LogP contribution in [0.15, 0.2) is 18.2 Å². The topological polar surface area (TPSA) is 86.7 Å². The molecule has 0 radical (unpaired) electrons. The smallest absolute Gasteiger partial charge is 0.335 e. The van der Waals surface area contributed by atoms with Crippen LogP contribution in [0.2, 0.25) is 5.02 Å². The first-order valence-corrected chi connectivity index (χ1v) is 7.44. The number of hydrogen-bond acceptors (Lipinski definition) is 3. The molecule has 2 N–H and O–H groups in total. The van der Waals surface area contributed by atoms with Crippen LogP contribution in [0, 0.1) is 0 Å². The molecule has 1 aromatic carbocycles. The molecule has 8 heteroatoms. The maximum absolute atomic E-state index is 12.0. The Labute approximate surface area is 117 Å². The van der Waals surface area contributed by atoms with E-state index in [2.05, 4.69) is 4.72 Å². The van der Waals surface area contributed by atoms with E-state index in [4.69, 9.17) is 16.7 Å². The van der Waals surface area contributed by atoms with Gasteiger partial charge in [0.2, 0.25) is 0 Å². The minimum absolute atomic E-state index is 0.0401. The average Bonchev–Trinajstić information content (AvgIpc) is 2.32. The largest absolute Gasteiger partial charge is 0.478 e. The second kappa shape index (κ2) is 6.23. The molecule has 0 saturated carbocycles. The average molecular weight is 307 g/mol. The Bertz CT molecular complexity index is 570. The quantitative estimate of drug-likeness (QED) is 0.842. The van der Waals surface area contributed by atoms with Gasteiger partial charge >= 0.3 is 16.2 Å². The molecule has 0 saturated heterocycles. The van der Waals surface area contributed by atoms with Gasteiger partial charge in [-0.1, -0.05) is 25.4 Å². The van der Waals surface area contributed by atoms with Crippen molar-refractivity contribution in [3.63, 3.8) is 0 Å². The van der Waals surface area contributed by atoms with Crippen molar-refractivity contribution in [1.82, 2.24) is 4.31 Å². The number of nitrogens with one attached hydrogen (secondary N) is 1. The van der Waals surface area contributed by atoms with E-state index in [0.29, 0.717) is 13.1 Å². The molecule has 0 fully saturated rings. The van der Waals surface area contributed by atoms with Crippen molar-refractivity contribution in [3.8, 4) is 0 Å². The Kier molecular flexibility index (Phi) is 5.16. The van der Waals surface area contributed by atoms with Crippen molar-refractivity contribution >= 4 is 33.5 Å². The molecule has 6 nitrogen and oxygen atoms in total.